The van der Waals surface area contributed by atoms with E-state index < -0.39 is 0 Å². The van der Waals surface area contributed by atoms with Crippen LogP contribution in [0.5, 0.6) is 5.75 Å². The van der Waals surface area contributed by atoms with Gasteiger partial charge in [-0.1, -0.05) is 12.1 Å². The fraction of sp³-hybridized carbons (Fsp3) is 0.400. The maximum Gasteiger partial charge on any atom is 0.246 e. The Morgan fingerprint density at radius 1 is 1.42 bits per heavy atom. The summed E-state index contributed by atoms with van der Waals surface area (Å²) in [5.74, 6) is 0.747. The molecule has 1 heterocycles. The molecule has 0 saturated carbocycles. The van der Waals surface area contributed by atoms with Crippen molar-refractivity contribution in [2.24, 2.45) is 0 Å². The minimum absolute atomic E-state index is 0.0467. The number of benzene rings is 1. The Kier molecular flexibility index (Phi) is 4.58. The fourth-order valence-electron chi connectivity index (χ4n) is 2.14. The van der Waals surface area contributed by atoms with E-state index >= 15 is 0 Å². The monoisotopic (exact) mass is 261 g/mol. The maximum atomic E-state index is 11.9. The van der Waals surface area contributed by atoms with Crippen LogP contribution in [0.15, 0.2) is 30.3 Å². The number of β-amino-alcohol motifs (C(OH)–C–C–N with tert-alkyl or cyclic N) is 1. The van der Waals surface area contributed by atoms with Gasteiger partial charge in [-0.05, 0) is 36.6 Å². The summed E-state index contributed by atoms with van der Waals surface area (Å²) in [6, 6.07) is 7.50. The van der Waals surface area contributed by atoms with Gasteiger partial charge in [0.15, 0.2) is 0 Å². The number of nitrogens with zero attached hydrogens (tertiary/aromatic N) is 1. The van der Waals surface area contributed by atoms with Crippen LogP contribution in [0.1, 0.15) is 18.4 Å². The van der Waals surface area contributed by atoms with E-state index in [2.05, 4.69) is 0 Å². The van der Waals surface area contributed by atoms with Crippen molar-refractivity contribution in [3.8, 4) is 5.75 Å². The van der Waals surface area contributed by atoms with E-state index in [1.54, 1.807) is 24.2 Å². The first-order valence-corrected chi connectivity index (χ1v) is 6.48. The number of hydrogen-bond donors (Lipinski definition) is 1. The fourth-order valence-corrected chi connectivity index (χ4v) is 2.14. The molecule has 0 unspecified atom stereocenters. The number of ether oxygens (including phenoxy) is 1. The summed E-state index contributed by atoms with van der Waals surface area (Å²) in [7, 11) is 1.62. The van der Waals surface area contributed by atoms with E-state index in [0.717, 1.165) is 30.7 Å². The molecule has 4 heteroatoms. The standard InChI is InChI=1S/C15H19NO3/c1-19-14-7-4-12(5-8-14)6-9-15(18)16-10-2-3-13(17)11-16/h4-9,13,17H,2-3,10-11H2,1H3/b9-6+/t13-/m0/s1. The maximum absolute atomic E-state index is 11.9. The molecule has 0 aromatic heterocycles. The number of rotatable bonds is 3. The number of amides is 1. The zero-order valence-corrected chi connectivity index (χ0v) is 11.1. The average Bonchev–Trinajstić information content (AvgIpc) is 2.45. The van der Waals surface area contributed by atoms with E-state index in [9.17, 15) is 9.90 Å². The predicted octanol–water partition coefficient (Wildman–Crippen LogP) is 1.69. The molecule has 1 aliphatic rings. The van der Waals surface area contributed by atoms with E-state index in [-0.39, 0.29) is 12.0 Å². The van der Waals surface area contributed by atoms with Crippen molar-refractivity contribution < 1.29 is 14.6 Å². The Balaban J connectivity index is 1.95. The molecule has 1 fully saturated rings. The highest BCUT2D eigenvalue weighted by atomic mass is 16.5. The molecule has 1 N–H and O–H groups in total. The van der Waals surface area contributed by atoms with Crippen LogP contribution in [0.3, 0.4) is 0 Å². The molecule has 0 bridgehead atoms. The molecular formula is C15H19NO3. The Morgan fingerprint density at radius 3 is 2.79 bits per heavy atom. The van der Waals surface area contributed by atoms with Crippen LogP contribution >= 0.6 is 0 Å². The highest BCUT2D eigenvalue weighted by Gasteiger charge is 2.20. The third-order valence-electron chi connectivity index (χ3n) is 3.24. The van der Waals surface area contributed by atoms with Gasteiger partial charge in [-0.25, -0.2) is 0 Å². The number of carbonyl (C=O) groups excluding carboxylic acids is 1. The van der Waals surface area contributed by atoms with Crippen molar-refractivity contribution in [2.75, 3.05) is 20.2 Å². The van der Waals surface area contributed by atoms with Crippen LogP contribution in [-0.2, 0) is 4.79 Å². The van der Waals surface area contributed by atoms with Gasteiger partial charge in [-0.3, -0.25) is 4.79 Å². The van der Waals surface area contributed by atoms with Gasteiger partial charge in [-0.15, -0.1) is 0 Å². The zero-order valence-electron chi connectivity index (χ0n) is 11.1. The molecule has 4 nitrogen and oxygen atoms in total. The highest BCUT2D eigenvalue weighted by molar-refractivity contribution is 5.91. The molecular weight excluding hydrogens is 242 g/mol. The van der Waals surface area contributed by atoms with Gasteiger partial charge in [0.2, 0.25) is 5.91 Å². The third kappa shape index (κ3) is 3.83. The van der Waals surface area contributed by atoms with Gasteiger partial charge >= 0.3 is 0 Å². The predicted molar refractivity (Wildman–Crippen MR) is 73.8 cm³/mol. The topological polar surface area (TPSA) is 49.8 Å². The first-order valence-electron chi connectivity index (χ1n) is 6.48. The van der Waals surface area contributed by atoms with E-state index in [1.165, 1.54) is 0 Å². The lowest BCUT2D eigenvalue weighted by Gasteiger charge is -2.29. The summed E-state index contributed by atoms with van der Waals surface area (Å²) in [6.45, 7) is 1.16. The summed E-state index contributed by atoms with van der Waals surface area (Å²) in [5.41, 5.74) is 0.951. The third-order valence-corrected chi connectivity index (χ3v) is 3.24. The lowest BCUT2D eigenvalue weighted by Crippen LogP contribution is -2.41. The van der Waals surface area contributed by atoms with Gasteiger partial charge < -0.3 is 14.7 Å². The van der Waals surface area contributed by atoms with Crippen molar-refractivity contribution >= 4 is 12.0 Å². The Bertz CT molecular complexity index is 453. The molecule has 19 heavy (non-hydrogen) atoms. The van der Waals surface area contributed by atoms with Crippen LogP contribution < -0.4 is 4.74 Å². The number of piperidine rings is 1. The summed E-state index contributed by atoms with van der Waals surface area (Å²) in [6.07, 6.45) is 4.60. The van der Waals surface area contributed by atoms with Crippen LogP contribution in [0, 0.1) is 0 Å². The summed E-state index contributed by atoms with van der Waals surface area (Å²) >= 11 is 0. The summed E-state index contributed by atoms with van der Waals surface area (Å²) in [5, 5.41) is 9.54. The Labute approximate surface area is 113 Å². The van der Waals surface area contributed by atoms with E-state index in [4.69, 9.17) is 4.74 Å². The quantitative estimate of drug-likeness (QED) is 0.842. The van der Waals surface area contributed by atoms with Crippen LogP contribution in [0.2, 0.25) is 0 Å². The molecule has 1 atom stereocenters. The lowest BCUT2D eigenvalue weighted by atomic mass is 10.1. The number of likely N-dealkylation sites (tertiary alicyclic amines) is 1. The largest absolute Gasteiger partial charge is 0.497 e. The van der Waals surface area contributed by atoms with Crippen molar-refractivity contribution in [2.45, 2.75) is 18.9 Å². The first-order chi connectivity index (χ1) is 9.19. The average molecular weight is 261 g/mol. The normalized spacial score (nSPS) is 19.7. The molecule has 0 aliphatic carbocycles. The number of methoxy groups -OCH3 is 1. The minimum atomic E-state index is -0.382. The number of aliphatic hydroxyl groups is 1. The molecule has 102 valence electrons. The van der Waals surface area contributed by atoms with Crippen molar-refractivity contribution in [1.29, 1.82) is 0 Å². The van der Waals surface area contributed by atoms with Gasteiger partial charge in [-0.2, -0.15) is 0 Å². The first kappa shape index (κ1) is 13.6. The van der Waals surface area contributed by atoms with Crippen molar-refractivity contribution in [3.05, 3.63) is 35.9 Å². The SMILES string of the molecule is COc1ccc(/C=C/C(=O)N2CCC[C@H](O)C2)cc1. The number of carbonyl (C=O) groups is 1. The Morgan fingerprint density at radius 2 is 2.16 bits per heavy atom. The van der Waals surface area contributed by atoms with Crippen LogP contribution in [0.25, 0.3) is 6.08 Å². The summed E-state index contributed by atoms with van der Waals surface area (Å²) in [4.78, 5) is 13.6. The lowest BCUT2D eigenvalue weighted by molar-refractivity contribution is -0.128. The van der Waals surface area contributed by atoms with Gasteiger partial charge in [0.25, 0.3) is 0 Å². The van der Waals surface area contributed by atoms with Gasteiger partial charge in [0, 0.05) is 19.2 Å². The van der Waals surface area contributed by atoms with E-state index in [0.29, 0.717) is 6.54 Å². The molecule has 2 rings (SSSR count). The van der Waals surface area contributed by atoms with Crippen molar-refractivity contribution in [1.82, 2.24) is 4.90 Å². The summed E-state index contributed by atoms with van der Waals surface area (Å²) < 4.78 is 5.07. The number of aliphatic hydroxyl groups excluding tert-OH is 1. The second-order valence-corrected chi connectivity index (χ2v) is 4.69. The van der Waals surface area contributed by atoms with E-state index in [1.807, 2.05) is 24.3 Å². The van der Waals surface area contributed by atoms with Crippen molar-refractivity contribution in [3.63, 3.8) is 0 Å². The smallest absolute Gasteiger partial charge is 0.246 e. The Hall–Kier alpha value is -1.81. The zero-order chi connectivity index (χ0) is 13.7. The number of hydrogen-bond acceptors (Lipinski definition) is 3. The highest BCUT2D eigenvalue weighted by Crippen LogP contribution is 2.13. The second kappa shape index (κ2) is 6.38. The van der Waals surface area contributed by atoms with Gasteiger partial charge in [0.1, 0.15) is 5.75 Å². The minimum Gasteiger partial charge on any atom is -0.497 e. The van der Waals surface area contributed by atoms with Crippen LogP contribution in [0.4, 0.5) is 0 Å². The molecule has 1 saturated heterocycles. The molecule has 1 aliphatic heterocycles. The molecule has 0 spiro atoms. The van der Waals surface area contributed by atoms with Crippen LogP contribution in [-0.4, -0.2) is 42.2 Å². The molecule has 1 aromatic rings. The second-order valence-electron chi connectivity index (χ2n) is 4.69. The molecule has 1 aromatic carbocycles. The molecule has 1 amide bonds. The van der Waals surface area contributed by atoms with Gasteiger partial charge in [0.05, 0.1) is 13.2 Å². The molecule has 0 radical (unpaired) electrons.